The number of esters is 4. The molecule has 0 aliphatic carbocycles. The first-order valence-corrected chi connectivity index (χ1v) is 29.9. The van der Waals surface area contributed by atoms with Gasteiger partial charge in [-0.1, -0.05) is 139 Å². The van der Waals surface area contributed by atoms with Crippen LogP contribution < -0.4 is 0 Å². The summed E-state index contributed by atoms with van der Waals surface area (Å²) in [5.41, 5.74) is 0.449. The van der Waals surface area contributed by atoms with E-state index in [1.807, 2.05) is 41.5 Å². The zero-order valence-corrected chi connectivity index (χ0v) is 53.8. The standard InChI is InChI=1S/C34H61BNO7.2C10H19O2.C3H5O.2C2H6.W/c1-5-9-11-13-15-17-19-31(35)41-25-28(26-42-32(37)20-18-16-14-12-10-6-2)24-33(38)43-27-30-22-21-29(8-4)36(30)34(39)40-23-7-3;2*1-3-4-5-6-7-8-9-12-10(2)11;1-3(2)4;2*1-2;/h28-30H,5-27H2,1-4H3;2*2-9H2,1H3;1H2,2H3;2*1-2H3;/q;3*-1;;;. The van der Waals surface area contributed by atoms with Gasteiger partial charge in [0.25, 0.3) is 0 Å². The van der Waals surface area contributed by atoms with E-state index < -0.39 is 17.9 Å². The number of hydrogen-bond donors (Lipinski definition) is 0. The average molecular weight is 1250 g/mol. The van der Waals surface area contributed by atoms with E-state index in [1.54, 1.807) is 4.90 Å². The Morgan fingerprint density at radius 1 is 0.474 bits per heavy atom. The monoisotopic (exact) mass is 1250 g/mol. The van der Waals surface area contributed by atoms with Gasteiger partial charge in [0, 0.05) is 21.1 Å². The zero-order chi connectivity index (χ0) is 57.8. The van der Waals surface area contributed by atoms with Gasteiger partial charge in [0.05, 0.1) is 19.8 Å². The summed E-state index contributed by atoms with van der Waals surface area (Å²) in [4.78, 5) is 69.5. The van der Waals surface area contributed by atoms with E-state index in [9.17, 15) is 28.8 Å². The number of nitrogens with zero attached hydrogens (tertiary/aromatic N) is 1. The molecule has 1 aliphatic heterocycles. The number of likely N-dealkylation sites (tertiary alicyclic amines) is 1. The average Bonchev–Trinajstić information content (AvgIpc) is 3.81. The molecule has 0 spiro atoms. The van der Waals surface area contributed by atoms with Crippen LogP contribution in [0.5, 0.6) is 0 Å². The van der Waals surface area contributed by atoms with Crippen molar-refractivity contribution in [3.8, 4) is 0 Å². The van der Waals surface area contributed by atoms with Crippen molar-refractivity contribution in [2.24, 2.45) is 5.92 Å². The van der Waals surface area contributed by atoms with Gasteiger partial charge in [0.2, 0.25) is 0 Å². The van der Waals surface area contributed by atoms with Crippen molar-refractivity contribution in [3.63, 3.8) is 0 Å². The molecule has 0 bridgehead atoms. The number of rotatable bonds is 40. The molecule has 1 aliphatic rings. The van der Waals surface area contributed by atoms with Crippen molar-refractivity contribution >= 4 is 48.9 Å². The van der Waals surface area contributed by atoms with Crippen LogP contribution in [0.15, 0.2) is 0 Å². The topological polar surface area (TPSA) is 161 Å². The molecule has 76 heavy (non-hydrogen) atoms. The predicted molar refractivity (Wildman–Crippen MR) is 311 cm³/mol. The minimum Gasteiger partial charge on any atom is -0.488 e. The molecule has 0 aromatic rings. The molecular weight excluding hydrogens is 1130 g/mol. The molecule has 3 atom stereocenters. The van der Waals surface area contributed by atoms with Crippen molar-refractivity contribution in [2.45, 2.75) is 287 Å². The van der Waals surface area contributed by atoms with E-state index in [0.717, 1.165) is 83.5 Å². The molecule has 0 aromatic carbocycles. The molecule has 3 unspecified atom stereocenters. The quantitative estimate of drug-likeness (QED) is 0.0188. The fourth-order valence-corrected chi connectivity index (χ4v) is 7.58. The summed E-state index contributed by atoms with van der Waals surface area (Å²) in [6.07, 6.45) is 32.0. The van der Waals surface area contributed by atoms with Gasteiger partial charge in [0.15, 0.2) is 11.9 Å². The van der Waals surface area contributed by atoms with E-state index in [4.69, 9.17) is 35.9 Å². The maximum absolute atomic E-state index is 12.9. The summed E-state index contributed by atoms with van der Waals surface area (Å²) >= 11 is 0. The second-order valence-electron chi connectivity index (χ2n) is 18.7. The van der Waals surface area contributed by atoms with Crippen LogP contribution in [0.2, 0.25) is 0 Å². The van der Waals surface area contributed by atoms with Crippen LogP contribution in [0.25, 0.3) is 0 Å². The fraction of sp³-hybridized carbons (Fsp3) is 0.836. The Kier molecular flexibility index (Phi) is 75.3. The van der Waals surface area contributed by atoms with E-state index in [1.165, 1.54) is 103 Å². The summed E-state index contributed by atoms with van der Waals surface area (Å²) in [5.74, 6) is -1.94. The minimum atomic E-state index is -0.413. The minimum absolute atomic E-state index is 0. The molecular formula is C61H116BNO12W-3. The molecule has 449 valence electrons. The fourth-order valence-electron chi connectivity index (χ4n) is 7.58. The molecule has 0 N–H and O–H groups in total. The Hall–Kier alpha value is -3.15. The van der Waals surface area contributed by atoms with E-state index >= 15 is 0 Å². The summed E-state index contributed by atoms with van der Waals surface area (Å²) < 4.78 is 31.8. The third kappa shape index (κ3) is 65.1. The third-order valence-electron chi connectivity index (χ3n) is 11.6. The summed E-state index contributed by atoms with van der Waals surface area (Å²) in [5, 5.41) is 0. The van der Waals surface area contributed by atoms with Crippen molar-refractivity contribution in [1.29, 1.82) is 0 Å². The molecule has 1 fully saturated rings. The van der Waals surface area contributed by atoms with Crippen molar-refractivity contribution in [3.05, 3.63) is 20.8 Å². The molecule has 1 amide bonds. The first kappa shape index (κ1) is 84.2. The summed E-state index contributed by atoms with van der Waals surface area (Å²) in [7, 11) is 6.13. The second-order valence-corrected chi connectivity index (χ2v) is 18.7. The van der Waals surface area contributed by atoms with Crippen LogP contribution >= 0.6 is 0 Å². The van der Waals surface area contributed by atoms with E-state index in [0.29, 0.717) is 38.3 Å². The summed E-state index contributed by atoms with van der Waals surface area (Å²) in [6, 6.07) is -0.116. The number of Topliss-reactive ketones (excluding diaryl/α,β-unsaturated/α-hetero) is 1. The Morgan fingerprint density at radius 2 is 0.855 bits per heavy atom. The molecule has 13 nitrogen and oxygen atoms in total. The molecule has 1 radical (unpaired) electrons. The van der Waals surface area contributed by atoms with Gasteiger partial charge < -0.3 is 21.2 Å². The number of unbranched alkanes of at least 4 members (excludes halogenated alkanes) is 20. The molecule has 1 saturated heterocycles. The Morgan fingerprint density at radius 3 is 1.26 bits per heavy atom. The van der Waals surface area contributed by atoms with Crippen molar-refractivity contribution in [1.82, 2.24) is 4.90 Å². The van der Waals surface area contributed by atoms with Gasteiger partial charge in [-0.15, -0.1) is 0 Å². The predicted octanol–water partition coefficient (Wildman–Crippen LogP) is 15.6. The van der Waals surface area contributed by atoms with Crippen LogP contribution in [0.1, 0.15) is 275 Å². The Bertz CT molecular complexity index is 1260. The van der Waals surface area contributed by atoms with E-state index in [2.05, 4.69) is 48.5 Å². The first-order chi connectivity index (χ1) is 36.1. The number of ether oxygens (including phenoxy) is 6. The number of carbonyl (C=O) groups is 6. The molecule has 1 heterocycles. The Balaban J connectivity index is -0.000000300. The van der Waals surface area contributed by atoms with Gasteiger partial charge in [0.1, 0.15) is 0 Å². The van der Waals surface area contributed by atoms with Crippen molar-refractivity contribution in [2.75, 3.05) is 39.6 Å². The zero-order valence-electron chi connectivity index (χ0n) is 50.8. The van der Waals surface area contributed by atoms with Crippen LogP contribution in [-0.2, 0) is 73.5 Å². The van der Waals surface area contributed by atoms with Crippen LogP contribution in [-0.4, -0.2) is 106 Å². The second kappa shape index (κ2) is 68.0. The molecule has 15 heteroatoms. The first-order valence-electron chi connectivity index (χ1n) is 29.9. The van der Waals surface area contributed by atoms with Crippen molar-refractivity contribution < 1.29 is 78.3 Å². The van der Waals surface area contributed by atoms with E-state index in [-0.39, 0.29) is 83.2 Å². The molecule has 0 saturated carbocycles. The molecule has 1 rings (SSSR count). The van der Waals surface area contributed by atoms with Gasteiger partial charge in [-0.25, -0.2) is 0 Å². The van der Waals surface area contributed by atoms with Crippen LogP contribution in [0.4, 0.5) is 4.79 Å². The number of hydrogen-bond acceptors (Lipinski definition) is 12. The number of amides is 1. The third-order valence-corrected chi connectivity index (χ3v) is 11.6. The Labute approximate surface area is 483 Å². The number of carbonyl (C=O) groups excluding carboxylic acids is 6. The van der Waals surface area contributed by atoms with Gasteiger partial charge in [-0.3, -0.25) is 23.4 Å². The smallest absolute Gasteiger partial charge is 0.488 e. The normalized spacial score (nSPS) is 13.2. The SMILES string of the molecule is CC.CC.[B]=C(CCCCCCCC)OCC(COC(=O)CCCCCCCC)CC(=O)OCC1CCC(CC)N1C(=O)OCCC.[CH2-]C(=O)OCCCCCCCC.[CH2-]C(=O)OCCCCCCCC.[CH2-]C(C)=O.[W]. The van der Waals surface area contributed by atoms with Gasteiger partial charge >= 0.3 is 217 Å². The maximum atomic E-state index is 12.9. The van der Waals surface area contributed by atoms with Crippen LogP contribution in [0, 0.1) is 26.7 Å². The van der Waals surface area contributed by atoms with Gasteiger partial charge in [-0.2, -0.15) is 0 Å². The summed E-state index contributed by atoms with van der Waals surface area (Å²) in [6.45, 7) is 33.3. The molecule has 0 aromatic heterocycles. The van der Waals surface area contributed by atoms with Crippen LogP contribution in [0.3, 0.4) is 0 Å². The van der Waals surface area contributed by atoms with Gasteiger partial charge in [-0.05, 0) is 32.0 Å². The number of ketones is 1.